The van der Waals surface area contributed by atoms with Gasteiger partial charge < -0.3 is 14.4 Å². The number of halogens is 1. The van der Waals surface area contributed by atoms with Crippen LogP contribution in [0.5, 0.6) is 11.5 Å². The van der Waals surface area contributed by atoms with Crippen LogP contribution in [0.25, 0.3) is 10.8 Å². The second kappa shape index (κ2) is 9.62. The summed E-state index contributed by atoms with van der Waals surface area (Å²) in [6.45, 7) is 5.32. The SMILES string of the molecule is CCC(c1ccc2ccccc2c1)N(C)C(CC)N1CCc2cc3c(cc2C1=O)OCO3.Cl. The van der Waals surface area contributed by atoms with Gasteiger partial charge in [0.1, 0.15) is 0 Å². The van der Waals surface area contributed by atoms with Gasteiger partial charge in [-0.2, -0.15) is 0 Å². The van der Waals surface area contributed by atoms with E-state index in [1.165, 1.54) is 16.3 Å². The number of benzene rings is 3. The summed E-state index contributed by atoms with van der Waals surface area (Å²) in [6, 6.07) is 19.3. The molecule has 0 N–H and O–H groups in total. The first-order valence-corrected chi connectivity index (χ1v) is 11.5. The van der Waals surface area contributed by atoms with Gasteiger partial charge in [0.25, 0.3) is 5.91 Å². The zero-order valence-electron chi connectivity index (χ0n) is 19.4. The molecule has 33 heavy (non-hydrogen) atoms. The molecule has 3 aromatic rings. The minimum Gasteiger partial charge on any atom is -0.454 e. The Morgan fingerprint density at radius 1 is 0.970 bits per heavy atom. The molecule has 0 aliphatic carbocycles. The number of hydrogen-bond acceptors (Lipinski definition) is 4. The second-order valence-electron chi connectivity index (χ2n) is 8.70. The van der Waals surface area contributed by atoms with E-state index in [9.17, 15) is 4.79 Å². The van der Waals surface area contributed by atoms with Gasteiger partial charge in [-0.3, -0.25) is 9.69 Å². The van der Waals surface area contributed by atoms with Crippen LogP contribution in [0, 0.1) is 0 Å². The molecule has 6 heteroatoms. The quantitative estimate of drug-likeness (QED) is 0.460. The number of fused-ring (bicyclic) bond motifs is 3. The average Bonchev–Trinajstić information content (AvgIpc) is 3.28. The van der Waals surface area contributed by atoms with E-state index in [0.717, 1.165) is 36.1 Å². The van der Waals surface area contributed by atoms with Gasteiger partial charge >= 0.3 is 0 Å². The Kier molecular flexibility index (Phi) is 6.82. The maximum Gasteiger partial charge on any atom is 0.255 e. The molecular formula is C27H31ClN2O3. The largest absolute Gasteiger partial charge is 0.454 e. The first kappa shape index (κ1) is 23.4. The monoisotopic (exact) mass is 466 g/mol. The van der Waals surface area contributed by atoms with E-state index >= 15 is 0 Å². The molecule has 0 spiro atoms. The van der Waals surface area contributed by atoms with Crippen LogP contribution in [0.2, 0.25) is 0 Å². The van der Waals surface area contributed by atoms with E-state index in [1.54, 1.807) is 0 Å². The van der Waals surface area contributed by atoms with Crippen molar-refractivity contribution in [1.29, 1.82) is 0 Å². The number of hydrogen-bond donors (Lipinski definition) is 0. The van der Waals surface area contributed by atoms with Gasteiger partial charge in [-0.1, -0.05) is 50.2 Å². The molecule has 2 atom stereocenters. The standard InChI is InChI=1S/C27H30N2O3.ClH/c1-4-23(21-11-10-18-8-6-7-9-19(18)14-21)28(3)26(5-2)29-13-12-20-15-24-25(32-17-31-24)16-22(20)27(29)30;/h6-11,14-16,23,26H,4-5,12-13,17H2,1-3H3;1H. The Labute approximate surface area is 201 Å². The van der Waals surface area contributed by atoms with Crippen molar-refractivity contribution in [2.45, 2.75) is 45.3 Å². The van der Waals surface area contributed by atoms with E-state index in [-0.39, 0.29) is 37.3 Å². The smallest absolute Gasteiger partial charge is 0.255 e. The van der Waals surface area contributed by atoms with Crippen LogP contribution >= 0.6 is 12.4 Å². The lowest BCUT2D eigenvalue weighted by molar-refractivity contribution is 0.0198. The molecule has 2 unspecified atom stereocenters. The molecule has 0 aromatic heterocycles. The van der Waals surface area contributed by atoms with Gasteiger partial charge in [0.2, 0.25) is 6.79 Å². The fourth-order valence-corrected chi connectivity index (χ4v) is 5.28. The first-order valence-electron chi connectivity index (χ1n) is 11.5. The Morgan fingerprint density at radius 3 is 2.42 bits per heavy atom. The van der Waals surface area contributed by atoms with Crippen molar-refractivity contribution < 1.29 is 14.3 Å². The summed E-state index contributed by atoms with van der Waals surface area (Å²) in [5, 5.41) is 2.51. The average molecular weight is 467 g/mol. The molecule has 0 saturated heterocycles. The fraction of sp³-hybridized carbons (Fsp3) is 0.370. The van der Waals surface area contributed by atoms with Crippen LogP contribution in [0.4, 0.5) is 0 Å². The summed E-state index contributed by atoms with van der Waals surface area (Å²) in [5.41, 5.74) is 3.08. The summed E-state index contributed by atoms with van der Waals surface area (Å²) in [5.74, 6) is 1.50. The molecule has 0 radical (unpaired) electrons. The number of nitrogens with zero attached hydrogens (tertiary/aromatic N) is 2. The Bertz CT molecular complexity index is 1170. The predicted molar refractivity (Wildman–Crippen MR) is 133 cm³/mol. The highest BCUT2D eigenvalue weighted by Gasteiger charge is 2.35. The molecule has 2 aliphatic heterocycles. The van der Waals surface area contributed by atoms with E-state index in [0.29, 0.717) is 12.3 Å². The van der Waals surface area contributed by atoms with Crippen LogP contribution < -0.4 is 9.47 Å². The fourth-order valence-electron chi connectivity index (χ4n) is 5.28. The van der Waals surface area contributed by atoms with Gasteiger partial charge in [-0.15, -0.1) is 12.4 Å². The molecule has 174 valence electrons. The van der Waals surface area contributed by atoms with E-state index in [1.807, 2.05) is 17.0 Å². The van der Waals surface area contributed by atoms with Crippen molar-refractivity contribution in [2.75, 3.05) is 20.4 Å². The third-order valence-electron chi connectivity index (χ3n) is 6.94. The number of rotatable bonds is 6. The lowest BCUT2D eigenvalue weighted by Gasteiger charge is -2.43. The number of amides is 1. The maximum atomic E-state index is 13.5. The minimum absolute atomic E-state index is 0. The highest BCUT2D eigenvalue weighted by molar-refractivity contribution is 5.97. The maximum absolute atomic E-state index is 13.5. The lowest BCUT2D eigenvalue weighted by atomic mass is 9.96. The van der Waals surface area contributed by atoms with Crippen LogP contribution in [-0.2, 0) is 6.42 Å². The van der Waals surface area contributed by atoms with Crippen LogP contribution in [0.3, 0.4) is 0 Å². The lowest BCUT2D eigenvalue weighted by Crippen LogP contribution is -2.52. The minimum atomic E-state index is 0. The third-order valence-corrected chi connectivity index (χ3v) is 6.94. The molecule has 1 amide bonds. The predicted octanol–water partition coefficient (Wildman–Crippen LogP) is 5.81. The Balaban J connectivity index is 0.00000259. The van der Waals surface area contributed by atoms with Crippen molar-refractivity contribution in [1.82, 2.24) is 9.80 Å². The Morgan fingerprint density at radius 2 is 1.70 bits per heavy atom. The summed E-state index contributed by atoms with van der Waals surface area (Å²) in [7, 11) is 2.15. The molecule has 0 fully saturated rings. The summed E-state index contributed by atoms with van der Waals surface area (Å²) in [6.07, 6.45) is 2.70. The normalized spacial score (nSPS) is 16.5. The van der Waals surface area contributed by atoms with E-state index < -0.39 is 0 Å². The molecule has 5 rings (SSSR count). The molecule has 0 saturated carbocycles. The van der Waals surface area contributed by atoms with E-state index in [2.05, 4.69) is 68.3 Å². The summed E-state index contributed by atoms with van der Waals surface area (Å²) >= 11 is 0. The van der Waals surface area contributed by atoms with Gasteiger partial charge in [-0.05, 0) is 66.4 Å². The van der Waals surface area contributed by atoms with Crippen molar-refractivity contribution in [3.05, 3.63) is 71.3 Å². The second-order valence-corrected chi connectivity index (χ2v) is 8.70. The Hall–Kier alpha value is -2.76. The summed E-state index contributed by atoms with van der Waals surface area (Å²) < 4.78 is 11.0. The van der Waals surface area contributed by atoms with Crippen LogP contribution in [0.15, 0.2) is 54.6 Å². The zero-order valence-corrected chi connectivity index (χ0v) is 20.2. The highest BCUT2D eigenvalue weighted by Crippen LogP contribution is 2.38. The topological polar surface area (TPSA) is 42.0 Å². The number of carbonyl (C=O) groups excluding carboxylic acids is 1. The van der Waals surface area contributed by atoms with E-state index in [4.69, 9.17) is 9.47 Å². The molecule has 0 bridgehead atoms. The van der Waals surface area contributed by atoms with Crippen molar-refractivity contribution in [3.8, 4) is 11.5 Å². The molecular weight excluding hydrogens is 436 g/mol. The molecule has 2 aliphatic rings. The highest BCUT2D eigenvalue weighted by atomic mass is 35.5. The van der Waals surface area contributed by atoms with Crippen LogP contribution in [-0.4, -0.2) is 42.3 Å². The molecule has 2 heterocycles. The van der Waals surface area contributed by atoms with Crippen LogP contribution in [0.1, 0.15) is 54.2 Å². The third kappa shape index (κ3) is 4.16. The van der Waals surface area contributed by atoms with Crippen molar-refractivity contribution in [2.24, 2.45) is 0 Å². The zero-order chi connectivity index (χ0) is 22.2. The van der Waals surface area contributed by atoms with Gasteiger partial charge in [0.15, 0.2) is 11.5 Å². The van der Waals surface area contributed by atoms with Crippen molar-refractivity contribution >= 4 is 29.1 Å². The number of carbonyl (C=O) groups is 1. The van der Waals surface area contributed by atoms with Gasteiger partial charge in [-0.25, -0.2) is 0 Å². The molecule has 5 nitrogen and oxygen atoms in total. The first-order chi connectivity index (χ1) is 15.6. The summed E-state index contributed by atoms with van der Waals surface area (Å²) in [4.78, 5) is 18.0. The number of ether oxygens (including phenoxy) is 2. The molecule has 3 aromatic carbocycles. The van der Waals surface area contributed by atoms with Gasteiger partial charge in [0.05, 0.1) is 6.17 Å². The van der Waals surface area contributed by atoms with Crippen molar-refractivity contribution in [3.63, 3.8) is 0 Å². The van der Waals surface area contributed by atoms with Gasteiger partial charge in [0, 0.05) is 18.2 Å².